The van der Waals surface area contributed by atoms with E-state index in [-0.39, 0.29) is 0 Å². The molecule has 1 aliphatic carbocycles. The molecule has 0 radical (unpaired) electrons. The van der Waals surface area contributed by atoms with Crippen LogP contribution in [0.4, 0.5) is 0 Å². The predicted octanol–water partition coefficient (Wildman–Crippen LogP) is 2.38. The van der Waals surface area contributed by atoms with Crippen molar-refractivity contribution >= 4 is 0 Å². The van der Waals surface area contributed by atoms with Crippen molar-refractivity contribution in [3.63, 3.8) is 0 Å². The van der Waals surface area contributed by atoms with Gasteiger partial charge in [-0.2, -0.15) is 0 Å². The number of piperidine rings is 1. The first-order chi connectivity index (χ1) is 7.31. The third kappa shape index (κ3) is 1.74. The van der Waals surface area contributed by atoms with Gasteiger partial charge in [-0.25, -0.2) is 0 Å². The molecular weight excluding hydrogens is 186 g/mol. The number of nitrogens with zero attached hydrogens (tertiary/aromatic N) is 1. The van der Waals surface area contributed by atoms with E-state index < -0.39 is 0 Å². The minimum Gasteiger partial charge on any atom is -0.508 e. The van der Waals surface area contributed by atoms with Gasteiger partial charge in [0.25, 0.3) is 0 Å². The van der Waals surface area contributed by atoms with Gasteiger partial charge in [0.1, 0.15) is 5.75 Å². The van der Waals surface area contributed by atoms with E-state index in [9.17, 15) is 5.11 Å². The summed E-state index contributed by atoms with van der Waals surface area (Å²) in [5, 5.41) is 9.21. The van der Waals surface area contributed by atoms with E-state index in [2.05, 4.69) is 4.90 Å². The molecule has 1 aromatic carbocycles. The monoisotopic (exact) mass is 203 g/mol. The first-order valence-corrected chi connectivity index (χ1v) is 5.83. The van der Waals surface area contributed by atoms with E-state index in [0.29, 0.717) is 5.75 Å². The molecule has 0 amide bonds. The van der Waals surface area contributed by atoms with Gasteiger partial charge in [-0.05, 0) is 42.9 Å². The van der Waals surface area contributed by atoms with E-state index in [0.717, 1.165) is 18.5 Å². The highest BCUT2D eigenvalue weighted by Gasteiger charge is 2.37. The third-order valence-corrected chi connectivity index (χ3v) is 3.84. The molecule has 80 valence electrons. The van der Waals surface area contributed by atoms with Crippen LogP contribution < -0.4 is 0 Å². The van der Waals surface area contributed by atoms with Crippen LogP contribution in [0.2, 0.25) is 0 Å². The molecule has 0 aromatic heterocycles. The molecule has 2 heteroatoms. The van der Waals surface area contributed by atoms with Gasteiger partial charge in [-0.1, -0.05) is 12.1 Å². The van der Waals surface area contributed by atoms with Crippen LogP contribution in [0.3, 0.4) is 0 Å². The minimum absolute atomic E-state index is 0.363. The number of likely N-dealkylation sites (tertiary alicyclic amines) is 1. The number of aromatic hydroxyl groups is 1. The van der Waals surface area contributed by atoms with E-state index >= 15 is 0 Å². The summed E-state index contributed by atoms with van der Waals surface area (Å²) in [5.41, 5.74) is 1.32. The number of phenolic OH excluding ortho intramolecular Hbond substituents is 1. The Morgan fingerprint density at radius 2 is 2.00 bits per heavy atom. The van der Waals surface area contributed by atoms with Crippen molar-refractivity contribution in [3.8, 4) is 5.75 Å². The predicted molar refractivity (Wildman–Crippen MR) is 59.6 cm³/mol. The quantitative estimate of drug-likeness (QED) is 0.797. The summed E-state index contributed by atoms with van der Waals surface area (Å²) in [5.74, 6) is 1.33. The standard InChI is InChI=1S/C13H17NO/c15-13-5-2-10(3-6-13)8-14-9-11-1-4-12(14)7-11/h2-3,5-6,11-12,15H,1,4,7-9H2. The van der Waals surface area contributed by atoms with Crippen molar-refractivity contribution in [3.05, 3.63) is 29.8 Å². The zero-order valence-electron chi connectivity index (χ0n) is 8.89. The lowest BCUT2D eigenvalue weighted by Crippen LogP contribution is -2.31. The summed E-state index contributed by atoms with van der Waals surface area (Å²) >= 11 is 0. The van der Waals surface area contributed by atoms with Crippen LogP contribution in [-0.4, -0.2) is 22.6 Å². The maximum Gasteiger partial charge on any atom is 0.115 e. The first kappa shape index (κ1) is 9.22. The zero-order chi connectivity index (χ0) is 10.3. The van der Waals surface area contributed by atoms with Gasteiger partial charge in [0, 0.05) is 19.1 Å². The molecule has 2 unspecified atom stereocenters. The van der Waals surface area contributed by atoms with Gasteiger partial charge in [0.15, 0.2) is 0 Å². The number of phenols is 1. The second kappa shape index (κ2) is 3.53. The fourth-order valence-electron chi connectivity index (χ4n) is 3.06. The Bertz CT molecular complexity index is 346. The van der Waals surface area contributed by atoms with Crippen LogP contribution in [0.5, 0.6) is 5.75 Å². The lowest BCUT2D eigenvalue weighted by molar-refractivity contribution is 0.205. The Labute approximate surface area is 90.5 Å². The highest BCUT2D eigenvalue weighted by molar-refractivity contribution is 5.26. The number of rotatable bonds is 2. The molecule has 1 heterocycles. The smallest absolute Gasteiger partial charge is 0.115 e. The average molecular weight is 203 g/mol. The number of fused-ring (bicyclic) bond motifs is 2. The Balaban J connectivity index is 1.68. The van der Waals surface area contributed by atoms with Crippen molar-refractivity contribution in [2.75, 3.05) is 6.54 Å². The largest absolute Gasteiger partial charge is 0.508 e. The molecule has 3 rings (SSSR count). The lowest BCUT2D eigenvalue weighted by Gasteiger charge is -2.26. The van der Waals surface area contributed by atoms with E-state index in [1.807, 2.05) is 12.1 Å². The maximum absolute atomic E-state index is 9.21. The summed E-state index contributed by atoms with van der Waals surface area (Å²) in [6, 6.07) is 8.46. The second-order valence-electron chi connectivity index (χ2n) is 4.93. The number of hydrogen-bond donors (Lipinski definition) is 1. The van der Waals surface area contributed by atoms with E-state index in [4.69, 9.17) is 0 Å². The summed E-state index contributed by atoms with van der Waals surface area (Å²) in [4.78, 5) is 2.60. The van der Waals surface area contributed by atoms with Crippen LogP contribution >= 0.6 is 0 Å². The molecule has 2 fully saturated rings. The zero-order valence-corrected chi connectivity index (χ0v) is 8.89. The van der Waals surface area contributed by atoms with Gasteiger partial charge in [-0.3, -0.25) is 4.90 Å². The van der Waals surface area contributed by atoms with Crippen LogP contribution in [-0.2, 0) is 6.54 Å². The third-order valence-electron chi connectivity index (χ3n) is 3.84. The van der Waals surface area contributed by atoms with E-state index in [1.54, 1.807) is 12.1 Å². The molecule has 0 spiro atoms. The Morgan fingerprint density at radius 1 is 1.20 bits per heavy atom. The van der Waals surface area contributed by atoms with Crippen molar-refractivity contribution in [2.24, 2.45) is 5.92 Å². The molecule has 2 bridgehead atoms. The first-order valence-electron chi connectivity index (χ1n) is 5.83. The molecule has 1 aromatic rings. The van der Waals surface area contributed by atoms with Gasteiger partial charge in [0.05, 0.1) is 0 Å². The molecule has 2 aliphatic rings. The maximum atomic E-state index is 9.21. The minimum atomic E-state index is 0.363. The summed E-state index contributed by atoms with van der Waals surface area (Å²) in [7, 11) is 0. The molecule has 1 saturated carbocycles. The van der Waals surface area contributed by atoms with Gasteiger partial charge >= 0.3 is 0 Å². The molecule has 2 nitrogen and oxygen atoms in total. The number of hydrogen-bond acceptors (Lipinski definition) is 2. The van der Waals surface area contributed by atoms with Gasteiger partial charge < -0.3 is 5.11 Å². The fourth-order valence-corrected chi connectivity index (χ4v) is 3.06. The molecule has 1 saturated heterocycles. The van der Waals surface area contributed by atoms with Crippen molar-refractivity contribution < 1.29 is 5.11 Å². The van der Waals surface area contributed by atoms with Crippen LogP contribution in [0, 0.1) is 5.92 Å². The SMILES string of the molecule is Oc1ccc(CN2CC3CCC2C3)cc1. The highest BCUT2D eigenvalue weighted by atomic mass is 16.3. The molecule has 15 heavy (non-hydrogen) atoms. The van der Waals surface area contributed by atoms with Crippen LogP contribution in [0.1, 0.15) is 24.8 Å². The lowest BCUT2D eigenvalue weighted by atomic mass is 10.1. The normalized spacial score (nSPS) is 29.9. The summed E-state index contributed by atoms with van der Waals surface area (Å²) in [6.07, 6.45) is 4.25. The van der Waals surface area contributed by atoms with Crippen LogP contribution in [0.25, 0.3) is 0 Å². The average Bonchev–Trinajstić information content (AvgIpc) is 2.83. The van der Waals surface area contributed by atoms with E-state index in [1.165, 1.54) is 31.4 Å². The van der Waals surface area contributed by atoms with Crippen LogP contribution in [0.15, 0.2) is 24.3 Å². The molecular formula is C13H17NO. The fraction of sp³-hybridized carbons (Fsp3) is 0.538. The van der Waals surface area contributed by atoms with Crippen molar-refractivity contribution in [1.29, 1.82) is 0 Å². The molecule has 1 N–H and O–H groups in total. The Hall–Kier alpha value is -1.02. The van der Waals surface area contributed by atoms with Crippen molar-refractivity contribution in [2.45, 2.75) is 31.8 Å². The highest BCUT2D eigenvalue weighted by Crippen LogP contribution is 2.38. The molecule has 1 aliphatic heterocycles. The molecule has 2 atom stereocenters. The Morgan fingerprint density at radius 3 is 2.60 bits per heavy atom. The summed E-state index contributed by atoms with van der Waals surface area (Å²) < 4.78 is 0. The number of benzene rings is 1. The summed E-state index contributed by atoms with van der Waals surface area (Å²) in [6.45, 7) is 2.34. The van der Waals surface area contributed by atoms with Gasteiger partial charge in [-0.15, -0.1) is 0 Å². The van der Waals surface area contributed by atoms with Gasteiger partial charge in [0.2, 0.25) is 0 Å². The van der Waals surface area contributed by atoms with Crippen molar-refractivity contribution in [1.82, 2.24) is 4.90 Å². The Kier molecular flexibility index (Phi) is 2.17. The topological polar surface area (TPSA) is 23.5 Å². The second-order valence-corrected chi connectivity index (χ2v) is 4.93.